The van der Waals surface area contributed by atoms with Gasteiger partial charge in [-0.1, -0.05) is 18.2 Å². The van der Waals surface area contributed by atoms with Crippen molar-refractivity contribution in [2.24, 2.45) is 0 Å². The van der Waals surface area contributed by atoms with E-state index in [0.717, 1.165) is 22.8 Å². The molecule has 160 valence electrons. The summed E-state index contributed by atoms with van der Waals surface area (Å²) in [5.74, 6) is -0.229. The Bertz CT molecular complexity index is 1280. The predicted molar refractivity (Wildman–Crippen MR) is 130 cm³/mol. The molecule has 3 heterocycles. The summed E-state index contributed by atoms with van der Waals surface area (Å²) < 4.78 is 16.2. The van der Waals surface area contributed by atoms with Gasteiger partial charge in [0.25, 0.3) is 0 Å². The van der Waals surface area contributed by atoms with Gasteiger partial charge in [0.15, 0.2) is 5.11 Å². The van der Waals surface area contributed by atoms with Crippen molar-refractivity contribution in [1.29, 1.82) is 0 Å². The van der Waals surface area contributed by atoms with E-state index in [1.165, 1.54) is 11.6 Å². The van der Waals surface area contributed by atoms with E-state index in [0.29, 0.717) is 10.7 Å². The summed E-state index contributed by atoms with van der Waals surface area (Å²) in [6.07, 6.45) is 3.86. The summed E-state index contributed by atoms with van der Waals surface area (Å²) in [6, 6.07) is 23.2. The van der Waals surface area contributed by atoms with Crippen LogP contribution < -0.4 is 10.2 Å². The van der Waals surface area contributed by atoms with Crippen LogP contribution >= 0.6 is 12.2 Å². The Morgan fingerprint density at radius 3 is 2.56 bits per heavy atom. The minimum absolute atomic E-state index is 0.160. The quantitative estimate of drug-likeness (QED) is 0.405. The highest BCUT2D eigenvalue weighted by atomic mass is 32.1. The maximum atomic E-state index is 14.0. The Labute approximate surface area is 192 Å². The zero-order valence-electron chi connectivity index (χ0n) is 17.9. The van der Waals surface area contributed by atoms with E-state index in [9.17, 15) is 4.39 Å². The maximum Gasteiger partial charge on any atom is 0.174 e. The molecule has 2 aromatic heterocycles. The third kappa shape index (κ3) is 3.56. The zero-order chi connectivity index (χ0) is 22.2. The fourth-order valence-electron chi connectivity index (χ4n) is 4.36. The lowest BCUT2D eigenvalue weighted by Crippen LogP contribution is -2.30. The number of anilines is 1. The Kier molecular flexibility index (Phi) is 5.23. The number of pyridine rings is 1. The van der Waals surface area contributed by atoms with Gasteiger partial charge in [0.1, 0.15) is 11.9 Å². The van der Waals surface area contributed by atoms with Gasteiger partial charge >= 0.3 is 0 Å². The van der Waals surface area contributed by atoms with Crippen LogP contribution in [0.25, 0.3) is 5.69 Å². The lowest BCUT2D eigenvalue weighted by atomic mass is 10.0. The second-order valence-corrected chi connectivity index (χ2v) is 8.46. The molecule has 2 atom stereocenters. The van der Waals surface area contributed by atoms with Gasteiger partial charge in [0.05, 0.1) is 11.7 Å². The van der Waals surface area contributed by atoms with Gasteiger partial charge in [-0.2, -0.15) is 0 Å². The summed E-state index contributed by atoms with van der Waals surface area (Å²) in [5, 5.41) is 4.06. The van der Waals surface area contributed by atoms with Gasteiger partial charge in [0, 0.05) is 29.5 Å². The third-order valence-corrected chi connectivity index (χ3v) is 6.20. The lowest BCUT2D eigenvalue weighted by molar-refractivity contribution is 0.549. The van der Waals surface area contributed by atoms with Crippen LogP contribution in [-0.2, 0) is 0 Å². The molecule has 0 radical (unpaired) electrons. The van der Waals surface area contributed by atoms with Crippen LogP contribution in [0.5, 0.6) is 0 Å². The van der Waals surface area contributed by atoms with Gasteiger partial charge in [-0.25, -0.2) is 4.39 Å². The number of nitrogens with one attached hydrogen (secondary N) is 1. The number of rotatable bonds is 4. The maximum absolute atomic E-state index is 14.0. The van der Waals surface area contributed by atoms with Crippen molar-refractivity contribution in [1.82, 2.24) is 14.9 Å². The van der Waals surface area contributed by atoms with Gasteiger partial charge < -0.3 is 14.8 Å². The van der Waals surface area contributed by atoms with Crippen LogP contribution in [0.1, 0.15) is 34.6 Å². The largest absolute Gasteiger partial charge is 0.351 e. The van der Waals surface area contributed by atoms with Crippen molar-refractivity contribution in [3.8, 4) is 5.69 Å². The highest BCUT2D eigenvalue weighted by Crippen LogP contribution is 2.42. The first-order valence-corrected chi connectivity index (χ1v) is 10.9. The molecule has 0 bridgehead atoms. The molecule has 0 unspecified atom stereocenters. The van der Waals surface area contributed by atoms with E-state index >= 15 is 0 Å². The average molecular weight is 443 g/mol. The molecule has 0 spiro atoms. The fourth-order valence-corrected chi connectivity index (χ4v) is 4.71. The molecule has 1 aliphatic heterocycles. The van der Waals surface area contributed by atoms with E-state index in [1.54, 1.807) is 19.2 Å². The van der Waals surface area contributed by atoms with Crippen LogP contribution in [0, 0.1) is 19.7 Å². The fraction of sp³-hybridized carbons (Fsp3) is 0.154. The molecule has 32 heavy (non-hydrogen) atoms. The third-order valence-electron chi connectivity index (χ3n) is 5.88. The molecule has 4 aromatic rings. The number of hydrogen-bond acceptors (Lipinski definition) is 2. The summed E-state index contributed by atoms with van der Waals surface area (Å²) in [6.45, 7) is 3.86. The molecule has 0 aliphatic carbocycles. The number of aryl methyl sites for hydroxylation is 2. The minimum Gasteiger partial charge on any atom is -0.351 e. The molecule has 6 heteroatoms. The highest BCUT2D eigenvalue weighted by Gasteiger charge is 2.42. The van der Waals surface area contributed by atoms with Crippen molar-refractivity contribution in [2.45, 2.75) is 25.9 Å². The van der Waals surface area contributed by atoms with Gasteiger partial charge in [-0.15, -0.1) is 0 Å². The van der Waals surface area contributed by atoms with Crippen molar-refractivity contribution in [2.75, 3.05) is 4.90 Å². The molecule has 1 fully saturated rings. The Hall–Kier alpha value is -3.51. The normalized spacial score (nSPS) is 18.1. The first kappa shape index (κ1) is 20.4. The first-order chi connectivity index (χ1) is 15.5. The van der Waals surface area contributed by atoms with Gasteiger partial charge in [-0.3, -0.25) is 4.98 Å². The molecule has 1 aliphatic rings. The molecule has 2 aromatic carbocycles. The number of nitrogens with zero attached hydrogens (tertiary/aromatic N) is 3. The summed E-state index contributed by atoms with van der Waals surface area (Å²) in [4.78, 5) is 6.69. The molecule has 4 nitrogen and oxygen atoms in total. The molecule has 1 N–H and O–H groups in total. The molecular formula is C26H23FN4S. The number of benzene rings is 2. The molecular weight excluding hydrogens is 419 g/mol. The number of hydrogen-bond donors (Lipinski definition) is 1. The Balaban J connectivity index is 1.68. The number of thiocarbonyl (C=S) groups is 1. The van der Waals surface area contributed by atoms with Crippen LogP contribution in [0.4, 0.5) is 10.1 Å². The average Bonchev–Trinajstić information content (AvgIpc) is 3.40. The Morgan fingerprint density at radius 1 is 0.938 bits per heavy atom. The minimum atomic E-state index is -0.229. The topological polar surface area (TPSA) is 33.1 Å². The molecule has 0 amide bonds. The summed E-state index contributed by atoms with van der Waals surface area (Å²) in [5.41, 5.74) is 5.67. The van der Waals surface area contributed by atoms with E-state index in [2.05, 4.69) is 63.2 Å². The monoisotopic (exact) mass is 442 g/mol. The van der Waals surface area contributed by atoms with Crippen LogP contribution in [0.2, 0.25) is 0 Å². The van der Waals surface area contributed by atoms with Crippen LogP contribution in [0.15, 0.2) is 85.2 Å². The summed E-state index contributed by atoms with van der Waals surface area (Å²) >= 11 is 5.79. The number of halogens is 1. The van der Waals surface area contributed by atoms with Gasteiger partial charge in [0.2, 0.25) is 0 Å². The molecule has 0 saturated carbocycles. The van der Waals surface area contributed by atoms with Crippen molar-refractivity contribution >= 4 is 23.0 Å². The van der Waals surface area contributed by atoms with Crippen LogP contribution in [0.3, 0.4) is 0 Å². The standard InChI is InChI=1S/C26H23FN4S/c1-17-7-5-8-19(15-17)30-14-6-10-23(30)25-24(22-9-3-4-13-28-22)29-26(32)31(25)20-11-12-21(27)18(2)16-20/h3-16,24-25H,1-2H3,(H,29,32)/t24-,25+/m0/s1. The lowest BCUT2D eigenvalue weighted by Gasteiger charge is -2.29. The highest BCUT2D eigenvalue weighted by molar-refractivity contribution is 7.80. The SMILES string of the molecule is Cc1cccc(-n2cccc2[C@@H]2[C@H](c3ccccn3)NC(=S)N2c2ccc(F)c(C)c2)c1. The second-order valence-electron chi connectivity index (χ2n) is 8.07. The van der Waals surface area contributed by atoms with Crippen LogP contribution in [-0.4, -0.2) is 14.7 Å². The molecule has 1 saturated heterocycles. The van der Waals surface area contributed by atoms with Crippen molar-refractivity contribution < 1.29 is 4.39 Å². The van der Waals surface area contributed by atoms with Crippen molar-refractivity contribution in [3.05, 3.63) is 114 Å². The number of aromatic nitrogens is 2. The van der Waals surface area contributed by atoms with E-state index in [-0.39, 0.29) is 17.9 Å². The van der Waals surface area contributed by atoms with E-state index in [4.69, 9.17) is 12.2 Å². The Morgan fingerprint density at radius 2 is 1.81 bits per heavy atom. The summed E-state index contributed by atoms with van der Waals surface area (Å²) in [7, 11) is 0. The van der Waals surface area contributed by atoms with Gasteiger partial charge in [-0.05, 0) is 91.8 Å². The predicted octanol–water partition coefficient (Wildman–Crippen LogP) is 5.81. The van der Waals surface area contributed by atoms with E-state index < -0.39 is 0 Å². The zero-order valence-corrected chi connectivity index (χ0v) is 18.7. The second kappa shape index (κ2) is 8.20. The smallest absolute Gasteiger partial charge is 0.174 e. The first-order valence-electron chi connectivity index (χ1n) is 10.5. The van der Waals surface area contributed by atoms with E-state index in [1.807, 2.05) is 30.3 Å². The van der Waals surface area contributed by atoms with Crippen molar-refractivity contribution in [3.63, 3.8) is 0 Å². The molecule has 5 rings (SSSR count).